The van der Waals surface area contributed by atoms with Crippen LogP contribution in [0.1, 0.15) is 73.6 Å². The van der Waals surface area contributed by atoms with Gasteiger partial charge in [-0.25, -0.2) is 9.59 Å². The second-order valence-electron chi connectivity index (χ2n) is 10.7. The van der Waals surface area contributed by atoms with Crippen molar-refractivity contribution in [3.05, 3.63) is 0 Å². The third-order valence-corrected chi connectivity index (χ3v) is 5.56. The summed E-state index contributed by atoms with van der Waals surface area (Å²) in [6.07, 6.45) is 5.01. The Morgan fingerprint density at radius 3 is 1.91 bits per heavy atom. The van der Waals surface area contributed by atoms with Gasteiger partial charge in [0.1, 0.15) is 17.2 Å². The Hall–Kier alpha value is -2.03. The summed E-state index contributed by atoms with van der Waals surface area (Å²) in [6.45, 7) is 13.4. The minimum absolute atomic E-state index is 0.0736. The van der Waals surface area contributed by atoms with Gasteiger partial charge in [0.15, 0.2) is 0 Å². The second kappa shape index (κ2) is 11.2. The average molecular weight is 455 g/mol. The predicted octanol–water partition coefficient (Wildman–Crippen LogP) is 2.88. The van der Waals surface area contributed by atoms with E-state index >= 15 is 0 Å². The number of rotatable bonds is 5. The van der Waals surface area contributed by atoms with E-state index in [9.17, 15) is 14.4 Å². The summed E-state index contributed by atoms with van der Waals surface area (Å²) in [7, 11) is 0. The molecule has 1 saturated heterocycles. The largest absolute Gasteiger partial charge is 0.444 e. The SMILES string of the molecule is CC(C)(C)OC(=O)NC[C@@H](NC(=O)OC(C)(C)C)C(=O)N1CCN(C2CCCCC2)CC1. The van der Waals surface area contributed by atoms with Crippen LogP contribution in [0.3, 0.4) is 0 Å². The quantitative estimate of drug-likeness (QED) is 0.663. The van der Waals surface area contributed by atoms with Crippen LogP contribution in [0.2, 0.25) is 0 Å². The van der Waals surface area contributed by atoms with Crippen molar-refractivity contribution in [2.75, 3.05) is 32.7 Å². The van der Waals surface area contributed by atoms with Crippen LogP contribution in [-0.2, 0) is 14.3 Å². The Kier molecular flexibility index (Phi) is 9.18. The number of hydrogen-bond donors (Lipinski definition) is 2. The van der Waals surface area contributed by atoms with E-state index in [4.69, 9.17) is 9.47 Å². The van der Waals surface area contributed by atoms with Crippen molar-refractivity contribution in [2.45, 2.75) is 96.9 Å². The molecular formula is C23H42N4O5. The summed E-state index contributed by atoms with van der Waals surface area (Å²) < 4.78 is 10.6. The van der Waals surface area contributed by atoms with Crippen LogP contribution < -0.4 is 10.6 Å². The van der Waals surface area contributed by atoms with Crippen molar-refractivity contribution >= 4 is 18.1 Å². The average Bonchev–Trinajstić information content (AvgIpc) is 2.69. The number of piperazine rings is 1. The van der Waals surface area contributed by atoms with Crippen LogP contribution in [-0.4, -0.2) is 83.9 Å². The lowest BCUT2D eigenvalue weighted by Gasteiger charge is -2.41. The van der Waals surface area contributed by atoms with Gasteiger partial charge in [-0.2, -0.15) is 0 Å². The molecule has 0 radical (unpaired) electrons. The van der Waals surface area contributed by atoms with Gasteiger partial charge in [0, 0.05) is 32.2 Å². The van der Waals surface area contributed by atoms with Crippen LogP contribution in [0.5, 0.6) is 0 Å². The number of amides is 3. The van der Waals surface area contributed by atoms with Gasteiger partial charge in [-0.05, 0) is 54.4 Å². The van der Waals surface area contributed by atoms with E-state index in [2.05, 4.69) is 15.5 Å². The van der Waals surface area contributed by atoms with E-state index in [1.165, 1.54) is 32.1 Å². The first-order valence-corrected chi connectivity index (χ1v) is 11.8. The van der Waals surface area contributed by atoms with Gasteiger partial charge in [0.2, 0.25) is 5.91 Å². The normalized spacial score (nSPS) is 19.8. The standard InChI is InChI=1S/C23H42N4O5/c1-22(2,3)31-20(29)24-16-18(25-21(30)32-23(4,5)6)19(28)27-14-12-26(13-15-27)17-10-8-7-9-11-17/h17-18H,7-16H2,1-6H3,(H,24,29)(H,25,30)/t18-/m1/s1. The summed E-state index contributed by atoms with van der Waals surface area (Å²) in [4.78, 5) is 41.9. The van der Waals surface area contributed by atoms with Gasteiger partial charge in [-0.15, -0.1) is 0 Å². The maximum absolute atomic E-state index is 13.2. The third kappa shape index (κ3) is 9.22. The van der Waals surface area contributed by atoms with Crippen LogP contribution in [0.25, 0.3) is 0 Å². The Bertz CT molecular complexity index is 642. The molecule has 0 spiro atoms. The zero-order valence-corrected chi connectivity index (χ0v) is 20.7. The Morgan fingerprint density at radius 2 is 1.38 bits per heavy atom. The lowest BCUT2D eigenvalue weighted by molar-refractivity contribution is -0.135. The molecular weight excluding hydrogens is 412 g/mol. The minimum atomic E-state index is -0.932. The summed E-state index contributed by atoms with van der Waals surface area (Å²) in [6, 6.07) is -0.316. The first kappa shape index (κ1) is 26.2. The van der Waals surface area contributed by atoms with Crippen molar-refractivity contribution in [1.82, 2.24) is 20.4 Å². The summed E-state index contributed by atoms with van der Waals surface area (Å²) in [5.74, 6) is -0.227. The van der Waals surface area contributed by atoms with Crippen LogP contribution in [0.15, 0.2) is 0 Å². The highest BCUT2D eigenvalue weighted by molar-refractivity contribution is 5.86. The summed E-state index contributed by atoms with van der Waals surface area (Å²) in [5, 5.41) is 5.23. The fourth-order valence-corrected chi connectivity index (χ4v) is 4.12. The zero-order chi connectivity index (χ0) is 23.9. The molecule has 1 aliphatic carbocycles. The number of alkyl carbamates (subject to hydrolysis) is 2. The highest BCUT2D eigenvalue weighted by atomic mass is 16.6. The Morgan fingerprint density at radius 1 is 0.844 bits per heavy atom. The number of nitrogens with zero attached hydrogens (tertiary/aromatic N) is 2. The fraction of sp³-hybridized carbons (Fsp3) is 0.870. The molecule has 1 heterocycles. The van der Waals surface area contributed by atoms with Gasteiger partial charge in [-0.3, -0.25) is 9.69 Å². The zero-order valence-electron chi connectivity index (χ0n) is 20.7. The molecule has 184 valence electrons. The molecule has 0 aromatic heterocycles. The fourth-order valence-electron chi connectivity index (χ4n) is 4.12. The summed E-state index contributed by atoms with van der Waals surface area (Å²) in [5.41, 5.74) is -1.35. The molecule has 2 rings (SSSR count). The number of ether oxygens (including phenoxy) is 2. The maximum Gasteiger partial charge on any atom is 0.408 e. The first-order valence-electron chi connectivity index (χ1n) is 11.8. The van der Waals surface area contributed by atoms with Crippen molar-refractivity contribution in [3.8, 4) is 0 Å². The van der Waals surface area contributed by atoms with Crippen LogP contribution >= 0.6 is 0 Å². The number of nitrogens with one attached hydrogen (secondary N) is 2. The molecule has 0 unspecified atom stereocenters. The van der Waals surface area contributed by atoms with Gasteiger partial charge in [0.25, 0.3) is 0 Å². The number of hydrogen-bond acceptors (Lipinski definition) is 6. The Labute approximate surface area is 192 Å². The molecule has 1 aliphatic heterocycles. The lowest BCUT2D eigenvalue weighted by Crippen LogP contribution is -2.59. The van der Waals surface area contributed by atoms with E-state index in [-0.39, 0.29) is 12.5 Å². The van der Waals surface area contributed by atoms with Gasteiger partial charge in [-0.1, -0.05) is 19.3 Å². The molecule has 0 aromatic rings. The van der Waals surface area contributed by atoms with Crippen LogP contribution in [0, 0.1) is 0 Å². The molecule has 2 aliphatic rings. The molecule has 3 amide bonds. The third-order valence-electron chi connectivity index (χ3n) is 5.56. The maximum atomic E-state index is 13.2. The molecule has 2 N–H and O–H groups in total. The van der Waals surface area contributed by atoms with E-state index in [0.29, 0.717) is 19.1 Å². The smallest absolute Gasteiger partial charge is 0.408 e. The molecule has 9 nitrogen and oxygen atoms in total. The Balaban J connectivity index is 1.96. The molecule has 1 atom stereocenters. The van der Waals surface area contributed by atoms with Gasteiger partial charge < -0.3 is 25.0 Å². The highest BCUT2D eigenvalue weighted by Gasteiger charge is 2.32. The highest BCUT2D eigenvalue weighted by Crippen LogP contribution is 2.23. The number of carbonyl (C=O) groups is 3. The van der Waals surface area contributed by atoms with Crippen molar-refractivity contribution in [2.24, 2.45) is 0 Å². The van der Waals surface area contributed by atoms with Gasteiger partial charge in [0.05, 0.1) is 6.54 Å². The van der Waals surface area contributed by atoms with E-state index in [1.807, 2.05) is 0 Å². The second-order valence-corrected chi connectivity index (χ2v) is 10.7. The van der Waals surface area contributed by atoms with E-state index in [0.717, 1.165) is 13.1 Å². The molecule has 0 aromatic carbocycles. The summed E-state index contributed by atoms with van der Waals surface area (Å²) >= 11 is 0. The van der Waals surface area contributed by atoms with Crippen LogP contribution in [0.4, 0.5) is 9.59 Å². The number of carbonyl (C=O) groups excluding carboxylic acids is 3. The monoisotopic (exact) mass is 454 g/mol. The van der Waals surface area contributed by atoms with Crippen molar-refractivity contribution in [1.29, 1.82) is 0 Å². The first-order chi connectivity index (χ1) is 14.8. The molecule has 2 fully saturated rings. The van der Waals surface area contributed by atoms with E-state index < -0.39 is 29.4 Å². The topological polar surface area (TPSA) is 100 Å². The molecule has 0 bridgehead atoms. The van der Waals surface area contributed by atoms with Crippen molar-refractivity contribution in [3.63, 3.8) is 0 Å². The lowest BCUT2D eigenvalue weighted by atomic mass is 9.94. The van der Waals surface area contributed by atoms with Gasteiger partial charge >= 0.3 is 12.2 Å². The predicted molar refractivity (Wildman–Crippen MR) is 122 cm³/mol. The van der Waals surface area contributed by atoms with E-state index in [1.54, 1.807) is 46.4 Å². The molecule has 32 heavy (non-hydrogen) atoms. The molecule has 9 heteroatoms. The molecule has 1 saturated carbocycles. The minimum Gasteiger partial charge on any atom is -0.444 e. The van der Waals surface area contributed by atoms with Crippen molar-refractivity contribution < 1.29 is 23.9 Å².